The second-order valence-electron chi connectivity index (χ2n) is 14.3. The van der Waals surface area contributed by atoms with Gasteiger partial charge >= 0.3 is 12.4 Å². The molecular formula is C40H40F8N12O2. The lowest BCUT2D eigenvalue weighted by Crippen LogP contribution is -2.39. The Morgan fingerprint density at radius 1 is 0.581 bits per heavy atom. The Balaban J connectivity index is 0.000000186. The third kappa shape index (κ3) is 10.9. The smallest absolute Gasteiger partial charge is 0.416 e. The van der Waals surface area contributed by atoms with Gasteiger partial charge in [0, 0.05) is 90.7 Å². The van der Waals surface area contributed by atoms with Gasteiger partial charge < -0.3 is 29.9 Å². The van der Waals surface area contributed by atoms with E-state index in [-0.39, 0.29) is 35.5 Å². The van der Waals surface area contributed by atoms with Gasteiger partial charge in [0.05, 0.1) is 22.5 Å². The minimum Gasteiger partial charge on any atom is -0.490 e. The predicted molar refractivity (Wildman–Crippen MR) is 212 cm³/mol. The molecule has 0 aliphatic carbocycles. The molecule has 14 nitrogen and oxygen atoms in total. The monoisotopic (exact) mass is 872 g/mol. The van der Waals surface area contributed by atoms with Crippen LogP contribution in [0.4, 0.5) is 70.3 Å². The molecule has 0 spiro atoms. The van der Waals surface area contributed by atoms with Crippen molar-refractivity contribution in [2.75, 3.05) is 46.6 Å². The molecule has 0 amide bonds. The number of nitrogens with one attached hydrogen (secondary N) is 2. The molecule has 2 aliphatic rings. The fourth-order valence-electron chi connectivity index (χ4n) is 6.72. The second-order valence-corrected chi connectivity index (χ2v) is 14.3. The summed E-state index contributed by atoms with van der Waals surface area (Å²) in [6, 6.07) is 11.6. The van der Waals surface area contributed by atoms with E-state index in [2.05, 4.69) is 40.8 Å². The van der Waals surface area contributed by atoms with Gasteiger partial charge in [-0.1, -0.05) is 0 Å². The first kappa shape index (κ1) is 43.4. The summed E-state index contributed by atoms with van der Waals surface area (Å²) in [5.41, 5.74) is -2.56. The largest absolute Gasteiger partial charge is 0.490 e. The highest BCUT2D eigenvalue weighted by Gasteiger charge is 2.33. The van der Waals surface area contributed by atoms with E-state index in [9.17, 15) is 35.1 Å². The Kier molecular flexibility index (Phi) is 12.9. The van der Waals surface area contributed by atoms with E-state index in [1.165, 1.54) is 9.36 Å². The lowest BCUT2D eigenvalue weighted by atomic mass is 10.1. The molecule has 0 bridgehead atoms. The zero-order valence-electron chi connectivity index (χ0n) is 33.2. The van der Waals surface area contributed by atoms with Crippen molar-refractivity contribution in [3.8, 4) is 11.5 Å². The van der Waals surface area contributed by atoms with Crippen molar-refractivity contribution in [3.63, 3.8) is 0 Å². The molecule has 4 aromatic heterocycles. The molecule has 8 rings (SSSR count). The Morgan fingerprint density at radius 2 is 1.05 bits per heavy atom. The molecule has 0 atom stereocenters. The highest BCUT2D eigenvalue weighted by atomic mass is 19.4. The Hall–Kier alpha value is -6.74. The van der Waals surface area contributed by atoms with Crippen LogP contribution in [0.3, 0.4) is 0 Å². The maximum atomic E-state index is 14.0. The first-order valence-electron chi connectivity index (χ1n) is 19.3. The van der Waals surface area contributed by atoms with Crippen molar-refractivity contribution in [1.29, 1.82) is 0 Å². The van der Waals surface area contributed by atoms with Crippen molar-refractivity contribution in [1.82, 2.24) is 39.5 Å². The van der Waals surface area contributed by atoms with Crippen LogP contribution in [0.25, 0.3) is 0 Å². The molecule has 6 aromatic rings. The molecule has 2 N–H and O–H groups in total. The van der Waals surface area contributed by atoms with Crippen LogP contribution in [-0.2, 0) is 26.4 Å². The summed E-state index contributed by atoms with van der Waals surface area (Å²) in [6.45, 7) is 2.63. The van der Waals surface area contributed by atoms with Crippen molar-refractivity contribution < 1.29 is 44.6 Å². The fraction of sp³-hybridized carbons (Fsp3) is 0.350. The van der Waals surface area contributed by atoms with Crippen LogP contribution in [0.2, 0.25) is 0 Å². The summed E-state index contributed by atoms with van der Waals surface area (Å²) in [4.78, 5) is 20.6. The van der Waals surface area contributed by atoms with E-state index in [1.807, 2.05) is 9.80 Å². The van der Waals surface area contributed by atoms with E-state index in [0.717, 1.165) is 49.3 Å². The molecule has 2 aromatic carbocycles. The maximum absolute atomic E-state index is 14.0. The molecule has 0 saturated carbocycles. The summed E-state index contributed by atoms with van der Waals surface area (Å²) in [5, 5.41) is 13.6. The second kappa shape index (κ2) is 18.5. The van der Waals surface area contributed by atoms with E-state index in [1.54, 1.807) is 63.1 Å². The summed E-state index contributed by atoms with van der Waals surface area (Å²) >= 11 is 0. The standard InChI is InChI=1S/2C20H20F4N6O/c1-29-18(26-17-12-13(20(22,23)24)2-3-16(17)21)27-19(28-29)30-10-6-15(7-11-30)31-14-4-8-25-9-5-14;1-29-19(30-10-6-15(7-11-30)31-14-4-8-25-9-5-14)27-18(28-29)26-17-12-13(20(22,23)24)2-3-16(17)21/h2-5,8-9,12,15H,6-7,10-11H2,1H3,(H,26,27,28);2-5,8-9,12,15H,6-7,10-11H2,1H3,(H,26,28). The Labute approximate surface area is 349 Å². The number of anilines is 6. The van der Waals surface area contributed by atoms with E-state index in [0.29, 0.717) is 62.3 Å². The molecule has 22 heteroatoms. The topological polar surface area (TPSA) is 136 Å². The van der Waals surface area contributed by atoms with Crippen LogP contribution in [0, 0.1) is 11.6 Å². The third-order valence-corrected chi connectivity index (χ3v) is 9.93. The quantitative estimate of drug-likeness (QED) is 0.128. The molecule has 0 unspecified atom stereocenters. The van der Waals surface area contributed by atoms with Gasteiger partial charge in [0.2, 0.25) is 23.8 Å². The number of hydrogen-bond donors (Lipinski definition) is 2. The van der Waals surface area contributed by atoms with Crippen LogP contribution < -0.4 is 29.9 Å². The molecule has 6 heterocycles. The van der Waals surface area contributed by atoms with Gasteiger partial charge in [0.1, 0.15) is 35.3 Å². The number of piperidine rings is 2. The molecule has 62 heavy (non-hydrogen) atoms. The lowest BCUT2D eigenvalue weighted by Gasteiger charge is -2.32. The summed E-state index contributed by atoms with van der Waals surface area (Å²) in [5.74, 6) is 1.01. The summed E-state index contributed by atoms with van der Waals surface area (Å²) in [6.07, 6.45) is 0.694. The zero-order chi connectivity index (χ0) is 44.0. The minimum atomic E-state index is -4.57. The first-order valence-corrected chi connectivity index (χ1v) is 19.3. The van der Waals surface area contributed by atoms with Crippen molar-refractivity contribution in [2.24, 2.45) is 14.1 Å². The van der Waals surface area contributed by atoms with Gasteiger partial charge in [-0.25, -0.2) is 18.1 Å². The number of rotatable bonds is 10. The number of pyridine rings is 2. The van der Waals surface area contributed by atoms with Crippen LogP contribution in [0.5, 0.6) is 11.5 Å². The summed E-state index contributed by atoms with van der Waals surface area (Å²) in [7, 11) is 3.26. The fourth-order valence-corrected chi connectivity index (χ4v) is 6.72. The van der Waals surface area contributed by atoms with Crippen molar-refractivity contribution >= 4 is 35.2 Å². The Bertz CT molecular complexity index is 2400. The Morgan fingerprint density at radius 3 is 1.53 bits per heavy atom. The number of benzene rings is 2. The van der Waals surface area contributed by atoms with Gasteiger partial charge in [0.15, 0.2) is 0 Å². The number of hydrogen-bond acceptors (Lipinski definition) is 12. The zero-order valence-corrected chi connectivity index (χ0v) is 33.2. The average Bonchev–Trinajstić information content (AvgIpc) is 3.80. The van der Waals surface area contributed by atoms with Gasteiger partial charge in [-0.3, -0.25) is 9.97 Å². The lowest BCUT2D eigenvalue weighted by molar-refractivity contribution is -0.138. The molecule has 2 fully saturated rings. The van der Waals surface area contributed by atoms with Gasteiger partial charge in [-0.2, -0.15) is 36.3 Å². The average molecular weight is 873 g/mol. The number of aromatic nitrogens is 8. The van der Waals surface area contributed by atoms with E-state index < -0.39 is 35.1 Å². The van der Waals surface area contributed by atoms with Crippen LogP contribution in [0.1, 0.15) is 36.8 Å². The molecule has 2 saturated heterocycles. The van der Waals surface area contributed by atoms with Crippen LogP contribution >= 0.6 is 0 Å². The SMILES string of the molecule is Cn1nc(N2CCC(Oc3ccncc3)CC2)nc1Nc1cc(C(F)(F)F)ccc1F.Cn1nc(Nc2cc(C(F)(F)F)ccc2F)nc1N1CCC(Oc2ccncc2)CC1. The van der Waals surface area contributed by atoms with Gasteiger partial charge in [-0.15, -0.1) is 10.2 Å². The van der Waals surface area contributed by atoms with Crippen molar-refractivity contribution in [2.45, 2.75) is 50.2 Å². The number of ether oxygens (including phenoxy) is 2. The van der Waals surface area contributed by atoms with Crippen molar-refractivity contribution in [3.05, 3.63) is 108 Å². The van der Waals surface area contributed by atoms with Gasteiger partial charge in [-0.05, 0) is 60.7 Å². The third-order valence-electron chi connectivity index (χ3n) is 9.93. The highest BCUT2D eigenvalue weighted by Crippen LogP contribution is 2.34. The normalized spacial score (nSPS) is 15.2. The van der Waals surface area contributed by atoms with E-state index >= 15 is 0 Å². The molecule has 2 aliphatic heterocycles. The number of alkyl halides is 6. The number of aryl methyl sites for hydroxylation is 2. The maximum Gasteiger partial charge on any atom is 0.416 e. The minimum absolute atomic E-state index is 0.0193. The van der Waals surface area contributed by atoms with Gasteiger partial charge in [0.25, 0.3) is 0 Å². The number of halogens is 8. The van der Waals surface area contributed by atoms with Crippen LogP contribution in [-0.4, -0.2) is 77.9 Å². The molecule has 328 valence electrons. The highest BCUT2D eigenvalue weighted by molar-refractivity contribution is 5.58. The predicted octanol–water partition coefficient (Wildman–Crippen LogP) is 8.32. The summed E-state index contributed by atoms with van der Waals surface area (Å²) < 4.78 is 120. The first-order chi connectivity index (χ1) is 29.6. The van der Waals surface area contributed by atoms with E-state index in [4.69, 9.17) is 9.47 Å². The number of nitrogens with zero attached hydrogens (tertiary/aromatic N) is 10. The molecule has 0 radical (unpaired) electrons. The molecular weight excluding hydrogens is 833 g/mol. The van der Waals surface area contributed by atoms with Crippen LogP contribution in [0.15, 0.2) is 85.5 Å².